The molecule has 186 valence electrons. The van der Waals surface area contributed by atoms with Crippen LogP contribution in [0.15, 0.2) is 33.5 Å². The van der Waals surface area contributed by atoms with E-state index in [0.29, 0.717) is 37.2 Å². The number of aliphatic carboxylic acids is 1. The molecule has 2 saturated heterocycles. The van der Waals surface area contributed by atoms with Crippen molar-refractivity contribution in [3.8, 4) is 0 Å². The first kappa shape index (κ1) is 24.7. The van der Waals surface area contributed by atoms with Crippen LogP contribution in [0.1, 0.15) is 12.1 Å². The molecule has 1 aromatic rings. The van der Waals surface area contributed by atoms with Crippen molar-refractivity contribution in [3.05, 3.63) is 34.0 Å². The Kier molecular flexibility index (Phi) is 7.09. The molecule has 3 aliphatic rings. The third-order valence-electron chi connectivity index (χ3n) is 5.76. The average molecular weight is 522 g/mol. The number of fused-ring (bicyclic) bond motifs is 1. The summed E-state index contributed by atoms with van der Waals surface area (Å²) in [5.74, 6) is -2.67. The van der Waals surface area contributed by atoms with Gasteiger partial charge in [-0.2, -0.15) is 0 Å². The van der Waals surface area contributed by atoms with Gasteiger partial charge in [0, 0.05) is 36.3 Å². The molecular formula is C20H23N7O6S2. The minimum absolute atomic E-state index is 0.0532. The molecule has 13 nitrogen and oxygen atoms in total. The minimum Gasteiger partial charge on any atom is -0.477 e. The molecule has 0 unspecified atom stereocenters. The monoisotopic (exact) mass is 521 g/mol. The smallest absolute Gasteiger partial charge is 0.352 e. The number of amides is 3. The molecule has 0 radical (unpaired) electrons. The Labute approximate surface area is 207 Å². The number of aromatic nitrogens is 1. The zero-order valence-corrected chi connectivity index (χ0v) is 20.2. The van der Waals surface area contributed by atoms with Crippen molar-refractivity contribution in [2.45, 2.75) is 17.8 Å². The van der Waals surface area contributed by atoms with Gasteiger partial charge in [-0.05, 0) is 25.1 Å². The molecule has 0 spiro atoms. The van der Waals surface area contributed by atoms with Gasteiger partial charge in [0.1, 0.15) is 22.8 Å². The van der Waals surface area contributed by atoms with Crippen LogP contribution in [0.25, 0.3) is 0 Å². The summed E-state index contributed by atoms with van der Waals surface area (Å²) in [6.07, 6.45) is 2.06. The van der Waals surface area contributed by atoms with Gasteiger partial charge in [0.15, 0.2) is 10.8 Å². The van der Waals surface area contributed by atoms with Gasteiger partial charge in [-0.3, -0.25) is 19.3 Å². The quantitative estimate of drug-likeness (QED) is 0.0934. The Balaban J connectivity index is 1.51. The molecule has 3 amide bonds. The van der Waals surface area contributed by atoms with E-state index < -0.39 is 34.9 Å². The van der Waals surface area contributed by atoms with Gasteiger partial charge in [0.2, 0.25) is 5.91 Å². The van der Waals surface area contributed by atoms with Gasteiger partial charge in [-0.15, -0.1) is 23.1 Å². The molecular weight excluding hydrogens is 498 g/mol. The summed E-state index contributed by atoms with van der Waals surface area (Å²) in [5.41, 5.74) is 5.86. The number of nitrogen functional groups attached to an aromatic ring is 1. The molecule has 1 aromatic heterocycles. The maximum atomic E-state index is 12.9. The van der Waals surface area contributed by atoms with Gasteiger partial charge in [0.25, 0.3) is 11.8 Å². The Hall–Kier alpha value is -3.43. The molecule has 4 heterocycles. The number of rotatable bonds is 8. The first-order chi connectivity index (χ1) is 16.8. The molecule has 3 aliphatic heterocycles. The van der Waals surface area contributed by atoms with Crippen molar-refractivity contribution in [2.75, 3.05) is 38.2 Å². The number of carbonyl (C=O) groups is 4. The topological polar surface area (TPSA) is 191 Å². The summed E-state index contributed by atoms with van der Waals surface area (Å²) >= 11 is 2.32. The highest BCUT2D eigenvalue weighted by atomic mass is 32.2. The normalized spacial score (nSPS) is 23.6. The van der Waals surface area contributed by atoms with Crippen LogP contribution < -0.4 is 16.4 Å². The fraction of sp³-hybridized carbons (Fsp3) is 0.400. The number of hydrogen-bond acceptors (Lipinski definition) is 11. The van der Waals surface area contributed by atoms with Crippen molar-refractivity contribution >= 4 is 57.6 Å². The van der Waals surface area contributed by atoms with Crippen molar-refractivity contribution in [2.24, 2.45) is 5.16 Å². The van der Waals surface area contributed by atoms with Crippen LogP contribution in [0.5, 0.6) is 0 Å². The Morgan fingerprint density at radius 3 is 2.80 bits per heavy atom. The molecule has 0 aliphatic carbocycles. The van der Waals surface area contributed by atoms with Gasteiger partial charge in [-0.1, -0.05) is 5.16 Å². The van der Waals surface area contributed by atoms with E-state index in [1.54, 1.807) is 18.0 Å². The molecule has 4 rings (SSSR count). The zero-order chi connectivity index (χ0) is 25.3. The van der Waals surface area contributed by atoms with Crippen LogP contribution in [0.2, 0.25) is 0 Å². The number of carboxylic acids is 1. The molecule has 0 saturated carbocycles. The lowest BCUT2D eigenvalue weighted by Gasteiger charge is -2.49. The average Bonchev–Trinajstić information content (AvgIpc) is 3.41. The molecule has 6 N–H and O–H groups in total. The molecule has 15 heteroatoms. The molecule has 2 atom stereocenters. The molecule has 2 fully saturated rings. The maximum Gasteiger partial charge on any atom is 0.352 e. The predicted octanol–water partition coefficient (Wildman–Crippen LogP) is -0.980. The second-order valence-corrected chi connectivity index (χ2v) is 9.87. The van der Waals surface area contributed by atoms with Crippen LogP contribution in [0.4, 0.5) is 5.13 Å². The number of β-lactam (4-membered cyclic amide) rings is 1. The molecule has 0 bridgehead atoms. The summed E-state index contributed by atoms with van der Waals surface area (Å²) in [6, 6.07) is -1.02. The minimum atomic E-state index is -1.30. The summed E-state index contributed by atoms with van der Waals surface area (Å²) in [4.78, 5) is 56.9. The predicted molar refractivity (Wildman–Crippen MR) is 128 cm³/mol. The number of anilines is 1. The van der Waals surface area contributed by atoms with E-state index in [4.69, 9.17) is 5.73 Å². The zero-order valence-electron chi connectivity index (χ0n) is 18.6. The van der Waals surface area contributed by atoms with E-state index in [-0.39, 0.29) is 28.2 Å². The van der Waals surface area contributed by atoms with Crippen molar-refractivity contribution in [3.63, 3.8) is 0 Å². The van der Waals surface area contributed by atoms with Gasteiger partial charge >= 0.3 is 5.97 Å². The number of nitrogens with one attached hydrogen (secondary N) is 2. The van der Waals surface area contributed by atoms with Crippen molar-refractivity contribution < 1.29 is 29.5 Å². The highest BCUT2D eigenvalue weighted by Crippen LogP contribution is 2.41. The van der Waals surface area contributed by atoms with E-state index >= 15 is 0 Å². The number of allylic oxidation sites excluding steroid dienone is 1. The third-order valence-corrected chi connectivity index (χ3v) is 7.74. The first-order valence-corrected chi connectivity index (χ1v) is 12.5. The van der Waals surface area contributed by atoms with E-state index in [1.165, 1.54) is 17.1 Å². The fourth-order valence-corrected chi connectivity index (χ4v) is 5.90. The van der Waals surface area contributed by atoms with E-state index in [1.807, 2.05) is 0 Å². The number of carbonyl (C=O) groups excluding carboxylic acids is 3. The first-order valence-electron chi connectivity index (χ1n) is 10.6. The highest BCUT2D eigenvalue weighted by molar-refractivity contribution is 8.00. The van der Waals surface area contributed by atoms with Crippen LogP contribution in [0, 0.1) is 0 Å². The van der Waals surface area contributed by atoms with Crippen molar-refractivity contribution in [1.82, 2.24) is 25.4 Å². The number of oxime groups is 1. The maximum absolute atomic E-state index is 12.9. The standard InChI is InChI=1S/C20H23N7O6S2/c1-22-3-5-26-4-2-9(16(26)29)6-10-7-34-18-13(17(30)27(18)14(10)19(31)32)24-15(28)12(25-33)11-8-35-20(21)23-11/h6,8,13,18,22,33H,2-5,7H2,1H3,(H2,21,23)(H,24,28)(H,31,32)/b9-6+,25-12-/t13-,18-/m1/s1. The van der Waals surface area contributed by atoms with Crippen LogP contribution in [0.3, 0.4) is 0 Å². The molecule has 0 aromatic carbocycles. The molecule has 35 heavy (non-hydrogen) atoms. The van der Waals surface area contributed by atoms with Crippen LogP contribution in [-0.2, 0) is 19.2 Å². The van der Waals surface area contributed by atoms with Crippen molar-refractivity contribution in [1.29, 1.82) is 0 Å². The number of nitrogens with two attached hydrogens (primary N) is 1. The fourth-order valence-electron chi connectivity index (χ4n) is 4.04. The highest BCUT2D eigenvalue weighted by Gasteiger charge is 2.54. The summed E-state index contributed by atoms with van der Waals surface area (Å²) < 4.78 is 0. The number of likely N-dealkylation sites (N-methyl/N-ethyl adjacent to an activating group) is 1. The largest absolute Gasteiger partial charge is 0.477 e. The second-order valence-electron chi connectivity index (χ2n) is 7.87. The number of carboxylic acid groups (broad SMARTS) is 1. The number of likely N-dealkylation sites (tertiary alicyclic amines) is 1. The van der Waals surface area contributed by atoms with E-state index in [2.05, 4.69) is 20.8 Å². The van der Waals surface area contributed by atoms with E-state index in [0.717, 1.165) is 16.2 Å². The Morgan fingerprint density at radius 2 is 2.17 bits per heavy atom. The number of thioether (sulfide) groups is 1. The Bertz CT molecular complexity index is 1180. The van der Waals surface area contributed by atoms with Gasteiger partial charge in [0.05, 0.1) is 0 Å². The number of hydrogen-bond donors (Lipinski definition) is 5. The lowest BCUT2D eigenvalue weighted by Crippen LogP contribution is -2.71. The van der Waals surface area contributed by atoms with E-state index in [9.17, 15) is 29.5 Å². The van der Waals surface area contributed by atoms with Crippen LogP contribution >= 0.6 is 23.1 Å². The SMILES string of the molecule is CNCCN1CC/C(=C\C2=C(C(=O)O)N3C(=O)[C@@H](NC(=O)/C(=N\O)c4csc(N)n4)[C@H]3SC2)C1=O. The summed E-state index contributed by atoms with van der Waals surface area (Å²) in [5, 5.41) is 28.5. The number of nitrogens with zero attached hydrogens (tertiary/aromatic N) is 4. The van der Waals surface area contributed by atoms with Gasteiger partial charge in [-0.25, -0.2) is 9.78 Å². The number of thiazole rings is 1. The second kappa shape index (κ2) is 10.1. The summed E-state index contributed by atoms with van der Waals surface area (Å²) in [6.45, 7) is 1.74. The van der Waals surface area contributed by atoms with Crippen LogP contribution in [-0.4, -0.2) is 98.4 Å². The third kappa shape index (κ3) is 4.61. The lowest BCUT2D eigenvalue weighted by atomic mass is 10.0. The lowest BCUT2D eigenvalue weighted by molar-refractivity contribution is -0.150. The Morgan fingerprint density at radius 1 is 1.40 bits per heavy atom. The van der Waals surface area contributed by atoms with Gasteiger partial charge < -0.3 is 31.6 Å². The summed E-state index contributed by atoms with van der Waals surface area (Å²) in [7, 11) is 1.79.